The van der Waals surface area contributed by atoms with Gasteiger partial charge >= 0.3 is 0 Å². The van der Waals surface area contributed by atoms with Crippen molar-refractivity contribution in [1.29, 1.82) is 0 Å². The average molecular weight is 403 g/mol. The highest BCUT2D eigenvalue weighted by atomic mass is 79.9. The van der Waals surface area contributed by atoms with Crippen LogP contribution in [-0.2, 0) is 6.54 Å². The Bertz CT molecular complexity index is 582. The summed E-state index contributed by atoms with van der Waals surface area (Å²) in [6, 6.07) is 3.49. The maximum atomic E-state index is 6.37. The van der Waals surface area contributed by atoms with E-state index in [4.69, 9.17) is 5.73 Å². The van der Waals surface area contributed by atoms with Crippen LogP contribution >= 0.6 is 31.9 Å². The zero-order valence-corrected chi connectivity index (χ0v) is 14.6. The summed E-state index contributed by atoms with van der Waals surface area (Å²) in [5, 5.41) is 4.38. The Morgan fingerprint density at radius 2 is 2.10 bits per heavy atom. The number of pyridine rings is 1. The number of likely N-dealkylation sites (N-methyl/N-ethyl adjacent to an activating group) is 1. The first-order valence-electron chi connectivity index (χ1n) is 6.22. The summed E-state index contributed by atoms with van der Waals surface area (Å²) in [5.41, 5.74) is 8.11. The molecule has 1 unspecified atom stereocenters. The van der Waals surface area contributed by atoms with E-state index in [1.165, 1.54) is 0 Å². The Balaban J connectivity index is 2.32. The Labute approximate surface area is 135 Å². The van der Waals surface area contributed by atoms with Gasteiger partial charge in [0.25, 0.3) is 0 Å². The highest BCUT2D eigenvalue weighted by Crippen LogP contribution is 2.29. The maximum absolute atomic E-state index is 6.37. The van der Waals surface area contributed by atoms with Crippen LogP contribution in [0, 0.1) is 0 Å². The lowest BCUT2D eigenvalue weighted by molar-refractivity contribution is 0.367. The predicted octanol–water partition coefficient (Wildman–Crippen LogP) is 2.41. The Hall–Kier alpha value is -0.760. The van der Waals surface area contributed by atoms with Crippen LogP contribution in [0.5, 0.6) is 0 Å². The molecule has 0 aliphatic heterocycles. The zero-order chi connectivity index (χ0) is 14.7. The maximum Gasteiger partial charge on any atom is 0.0920 e. The minimum absolute atomic E-state index is 0.329. The second-order valence-corrected chi connectivity index (χ2v) is 6.46. The third-order valence-electron chi connectivity index (χ3n) is 2.97. The summed E-state index contributed by atoms with van der Waals surface area (Å²) in [6.45, 7) is 1.68. The van der Waals surface area contributed by atoms with Gasteiger partial charge in [-0.15, -0.1) is 0 Å². The molecule has 0 radical (unpaired) electrons. The highest BCUT2D eigenvalue weighted by molar-refractivity contribution is 9.10. The molecule has 1 atom stereocenters. The fraction of sp³-hybridized carbons (Fsp3) is 0.385. The van der Waals surface area contributed by atoms with Crippen LogP contribution in [0.4, 0.5) is 0 Å². The summed E-state index contributed by atoms with van der Waals surface area (Å²) in [7, 11) is 4.07. The fourth-order valence-corrected chi connectivity index (χ4v) is 2.95. The molecule has 0 aromatic carbocycles. The number of rotatable bonds is 5. The molecule has 0 spiro atoms. The van der Waals surface area contributed by atoms with Gasteiger partial charge in [-0.1, -0.05) is 0 Å². The SMILES string of the molecule is CN(C)CCn1ncc(Br)c1C(N)c1ncccc1Br. The minimum Gasteiger partial charge on any atom is -0.318 e. The summed E-state index contributed by atoms with van der Waals surface area (Å²) >= 11 is 7.02. The second kappa shape index (κ2) is 6.80. The van der Waals surface area contributed by atoms with E-state index >= 15 is 0 Å². The third kappa shape index (κ3) is 3.46. The molecular weight excluding hydrogens is 386 g/mol. The Kier molecular flexibility index (Phi) is 5.31. The zero-order valence-electron chi connectivity index (χ0n) is 11.4. The molecule has 0 aliphatic rings. The topological polar surface area (TPSA) is 60.0 Å². The normalized spacial score (nSPS) is 12.9. The van der Waals surface area contributed by atoms with Crippen molar-refractivity contribution in [3.63, 3.8) is 0 Å². The van der Waals surface area contributed by atoms with E-state index in [-0.39, 0.29) is 6.04 Å². The Morgan fingerprint density at radius 1 is 1.35 bits per heavy atom. The molecule has 0 amide bonds. The van der Waals surface area contributed by atoms with E-state index in [1.807, 2.05) is 30.9 Å². The lowest BCUT2D eigenvalue weighted by atomic mass is 10.1. The number of hydrogen-bond acceptors (Lipinski definition) is 4. The minimum atomic E-state index is -0.329. The van der Waals surface area contributed by atoms with Gasteiger partial charge in [0.1, 0.15) is 0 Å². The van der Waals surface area contributed by atoms with Crippen molar-refractivity contribution in [3.8, 4) is 0 Å². The number of nitrogens with two attached hydrogens (primary N) is 1. The van der Waals surface area contributed by atoms with Crippen molar-refractivity contribution in [3.05, 3.63) is 44.9 Å². The van der Waals surface area contributed by atoms with Crippen molar-refractivity contribution in [1.82, 2.24) is 19.7 Å². The van der Waals surface area contributed by atoms with Crippen LogP contribution in [0.2, 0.25) is 0 Å². The van der Waals surface area contributed by atoms with Gasteiger partial charge in [-0.3, -0.25) is 9.67 Å². The van der Waals surface area contributed by atoms with Crippen molar-refractivity contribution < 1.29 is 0 Å². The van der Waals surface area contributed by atoms with Gasteiger partial charge in [0.15, 0.2) is 0 Å². The first-order valence-corrected chi connectivity index (χ1v) is 7.81. The van der Waals surface area contributed by atoms with Gasteiger partial charge in [0.2, 0.25) is 0 Å². The van der Waals surface area contributed by atoms with Gasteiger partial charge in [0.05, 0.1) is 34.6 Å². The molecule has 2 rings (SSSR count). The lowest BCUT2D eigenvalue weighted by Gasteiger charge is -2.17. The quantitative estimate of drug-likeness (QED) is 0.834. The second-order valence-electron chi connectivity index (χ2n) is 4.75. The standard InChI is InChI=1S/C13H17Br2N5/c1-19(2)6-7-20-13(10(15)8-18-20)11(16)12-9(14)4-3-5-17-12/h3-5,8,11H,6-7,16H2,1-2H3. The molecule has 20 heavy (non-hydrogen) atoms. The van der Waals surface area contributed by atoms with E-state index in [0.717, 1.165) is 33.4 Å². The van der Waals surface area contributed by atoms with Gasteiger partial charge in [0, 0.05) is 17.2 Å². The monoisotopic (exact) mass is 401 g/mol. The number of hydrogen-bond donors (Lipinski definition) is 1. The van der Waals surface area contributed by atoms with Crippen LogP contribution in [0.1, 0.15) is 17.4 Å². The summed E-state index contributed by atoms with van der Waals surface area (Å²) in [6.07, 6.45) is 3.52. The summed E-state index contributed by atoms with van der Waals surface area (Å²) in [4.78, 5) is 6.48. The largest absolute Gasteiger partial charge is 0.318 e. The van der Waals surface area contributed by atoms with Crippen molar-refractivity contribution in [2.45, 2.75) is 12.6 Å². The fourth-order valence-electron chi connectivity index (χ4n) is 1.91. The van der Waals surface area contributed by atoms with Crippen LogP contribution < -0.4 is 5.73 Å². The predicted molar refractivity (Wildman–Crippen MR) is 86.4 cm³/mol. The van der Waals surface area contributed by atoms with Gasteiger partial charge < -0.3 is 10.6 Å². The van der Waals surface area contributed by atoms with E-state index < -0.39 is 0 Å². The molecule has 108 valence electrons. The van der Waals surface area contributed by atoms with E-state index in [2.05, 4.69) is 46.8 Å². The molecule has 0 fully saturated rings. The molecular formula is C13H17Br2N5. The highest BCUT2D eigenvalue weighted by Gasteiger charge is 2.21. The van der Waals surface area contributed by atoms with Gasteiger partial charge in [-0.05, 0) is 58.1 Å². The smallest absolute Gasteiger partial charge is 0.0920 e. The molecule has 2 N–H and O–H groups in total. The average Bonchev–Trinajstić information content (AvgIpc) is 2.77. The molecule has 2 heterocycles. The summed E-state index contributed by atoms with van der Waals surface area (Å²) < 4.78 is 3.73. The molecule has 0 bridgehead atoms. The molecule has 0 aliphatic carbocycles. The molecule has 0 saturated carbocycles. The molecule has 7 heteroatoms. The van der Waals surface area contributed by atoms with Gasteiger partial charge in [-0.25, -0.2) is 0 Å². The first-order chi connectivity index (χ1) is 9.50. The molecule has 2 aromatic heterocycles. The van der Waals surface area contributed by atoms with E-state index in [1.54, 1.807) is 12.4 Å². The Morgan fingerprint density at radius 3 is 2.75 bits per heavy atom. The number of halogens is 2. The molecule has 5 nitrogen and oxygen atoms in total. The summed E-state index contributed by atoms with van der Waals surface area (Å²) in [5.74, 6) is 0. The van der Waals surface area contributed by atoms with Crippen molar-refractivity contribution >= 4 is 31.9 Å². The van der Waals surface area contributed by atoms with Crippen LogP contribution in [0.25, 0.3) is 0 Å². The number of nitrogens with zero attached hydrogens (tertiary/aromatic N) is 4. The van der Waals surface area contributed by atoms with E-state index in [9.17, 15) is 0 Å². The van der Waals surface area contributed by atoms with Crippen molar-refractivity contribution in [2.24, 2.45) is 5.73 Å². The lowest BCUT2D eigenvalue weighted by Crippen LogP contribution is -2.24. The van der Waals surface area contributed by atoms with Crippen molar-refractivity contribution in [2.75, 3.05) is 20.6 Å². The number of aromatic nitrogens is 3. The van der Waals surface area contributed by atoms with Crippen LogP contribution in [0.3, 0.4) is 0 Å². The third-order valence-corrected chi connectivity index (χ3v) is 4.25. The van der Waals surface area contributed by atoms with Crippen LogP contribution in [0.15, 0.2) is 33.5 Å². The molecule has 2 aromatic rings. The van der Waals surface area contributed by atoms with E-state index in [0.29, 0.717) is 0 Å². The first kappa shape index (κ1) is 15.6. The molecule has 0 saturated heterocycles. The van der Waals surface area contributed by atoms with Gasteiger partial charge in [-0.2, -0.15) is 5.10 Å². The van der Waals surface area contributed by atoms with Crippen LogP contribution in [-0.4, -0.2) is 40.3 Å².